The maximum absolute atomic E-state index is 5.99. The normalized spacial score (nSPS) is 26.0. The highest BCUT2D eigenvalue weighted by molar-refractivity contribution is 9.09. The van der Waals surface area contributed by atoms with Gasteiger partial charge in [-0.25, -0.2) is 0 Å². The number of rotatable bonds is 0. The summed E-state index contributed by atoms with van der Waals surface area (Å²) in [5, 5.41) is 0. The van der Waals surface area contributed by atoms with Crippen LogP contribution in [0.5, 0.6) is 0 Å². The molecule has 2 atom stereocenters. The smallest absolute Gasteiger partial charge is 0.0399 e. The number of fused-ring (bicyclic) bond motifs is 1. The molecule has 0 bridgehead atoms. The summed E-state index contributed by atoms with van der Waals surface area (Å²) < 4.78 is 0. The summed E-state index contributed by atoms with van der Waals surface area (Å²) in [6, 6.07) is 8.67. The molecule has 2 unspecified atom stereocenters. The second-order valence-corrected chi connectivity index (χ2v) is 4.39. The van der Waals surface area contributed by atoms with E-state index in [0.717, 1.165) is 12.8 Å². The molecule has 0 heterocycles. The second-order valence-electron chi connectivity index (χ2n) is 3.28. The fraction of sp³-hybridized carbons (Fsp3) is 0.400. The zero-order valence-electron chi connectivity index (χ0n) is 7.24. The van der Waals surface area contributed by atoms with Crippen LogP contribution in [0.1, 0.15) is 34.8 Å². The summed E-state index contributed by atoms with van der Waals surface area (Å²) in [5.41, 5.74) is 8.67. The molecule has 0 fully saturated rings. The molecule has 1 aromatic rings. The lowest BCUT2D eigenvalue weighted by Gasteiger charge is -2.25. The van der Waals surface area contributed by atoms with Crippen molar-refractivity contribution in [2.45, 2.75) is 23.7 Å². The first-order chi connectivity index (χ1) is 5.79. The minimum atomic E-state index is 0. The zero-order chi connectivity index (χ0) is 8.55. The fourth-order valence-corrected chi connectivity index (χ4v) is 2.45. The Kier molecular flexibility index (Phi) is 3.77. The molecule has 72 valence electrons. The van der Waals surface area contributed by atoms with Gasteiger partial charge in [-0.2, -0.15) is 0 Å². The Bertz CT molecular complexity index is 261. The average molecular weight is 263 g/mol. The predicted octanol–water partition coefficient (Wildman–Crippen LogP) is 3.34. The lowest BCUT2D eigenvalue weighted by Crippen LogP contribution is -2.18. The van der Waals surface area contributed by atoms with Crippen molar-refractivity contribution in [2.75, 3.05) is 0 Å². The van der Waals surface area contributed by atoms with Gasteiger partial charge in [0.25, 0.3) is 0 Å². The Morgan fingerprint density at radius 3 is 2.38 bits per heavy atom. The molecule has 1 aliphatic rings. The summed E-state index contributed by atoms with van der Waals surface area (Å²) >= 11 is 3.66. The minimum Gasteiger partial charge on any atom is -0.324 e. The fourth-order valence-electron chi connectivity index (χ4n) is 1.77. The highest BCUT2D eigenvalue weighted by atomic mass is 79.9. The van der Waals surface area contributed by atoms with Crippen LogP contribution in [-0.4, -0.2) is 0 Å². The van der Waals surface area contributed by atoms with E-state index in [1.807, 2.05) is 0 Å². The third-order valence-electron chi connectivity index (χ3n) is 2.46. The standard InChI is InChI=1S/C10H12BrN.ClH/c11-9-5-6-10(12)8-4-2-1-3-7(8)9;/h1-4,9-10H,5-6,12H2;1H. The van der Waals surface area contributed by atoms with Gasteiger partial charge in [-0.15, -0.1) is 12.4 Å². The van der Waals surface area contributed by atoms with Crippen LogP contribution >= 0.6 is 28.3 Å². The molecule has 1 aliphatic carbocycles. The molecule has 2 rings (SSSR count). The van der Waals surface area contributed by atoms with Crippen LogP contribution in [0, 0.1) is 0 Å². The molecule has 0 amide bonds. The molecule has 1 aromatic carbocycles. The lowest BCUT2D eigenvalue weighted by atomic mass is 9.88. The third-order valence-corrected chi connectivity index (χ3v) is 3.42. The van der Waals surface area contributed by atoms with E-state index in [-0.39, 0.29) is 18.4 Å². The molecule has 3 heteroatoms. The van der Waals surface area contributed by atoms with Gasteiger partial charge in [0.15, 0.2) is 0 Å². The third kappa shape index (κ3) is 2.06. The molecule has 0 aliphatic heterocycles. The number of benzene rings is 1. The second kappa shape index (κ2) is 4.45. The van der Waals surface area contributed by atoms with Crippen molar-refractivity contribution in [2.24, 2.45) is 5.73 Å². The van der Waals surface area contributed by atoms with Gasteiger partial charge >= 0.3 is 0 Å². The van der Waals surface area contributed by atoms with Crippen LogP contribution in [0.25, 0.3) is 0 Å². The van der Waals surface area contributed by atoms with Crippen molar-refractivity contribution in [1.82, 2.24) is 0 Å². The van der Waals surface area contributed by atoms with Crippen LogP contribution < -0.4 is 5.73 Å². The van der Waals surface area contributed by atoms with E-state index in [9.17, 15) is 0 Å². The van der Waals surface area contributed by atoms with Gasteiger partial charge in [-0.05, 0) is 24.0 Å². The molecule has 0 saturated heterocycles. The number of hydrogen-bond donors (Lipinski definition) is 1. The maximum atomic E-state index is 5.99. The van der Waals surface area contributed by atoms with Gasteiger partial charge < -0.3 is 5.73 Å². The first kappa shape index (κ1) is 11.0. The molecule has 13 heavy (non-hydrogen) atoms. The summed E-state index contributed by atoms with van der Waals surface area (Å²) in [4.78, 5) is 0.508. The molecule has 0 saturated carbocycles. The average Bonchev–Trinajstić information content (AvgIpc) is 2.12. The number of nitrogens with two attached hydrogens (primary N) is 1. The van der Waals surface area contributed by atoms with E-state index in [2.05, 4.69) is 40.2 Å². The number of hydrogen-bond acceptors (Lipinski definition) is 1. The largest absolute Gasteiger partial charge is 0.324 e. The van der Waals surface area contributed by atoms with E-state index in [1.165, 1.54) is 11.1 Å². The van der Waals surface area contributed by atoms with Gasteiger partial charge in [0.1, 0.15) is 0 Å². The van der Waals surface area contributed by atoms with Crippen LogP contribution in [0.3, 0.4) is 0 Å². The van der Waals surface area contributed by atoms with Crippen molar-refractivity contribution in [3.63, 3.8) is 0 Å². The zero-order valence-corrected chi connectivity index (χ0v) is 9.64. The van der Waals surface area contributed by atoms with E-state index in [0.29, 0.717) is 4.83 Å². The highest BCUT2D eigenvalue weighted by Gasteiger charge is 2.21. The highest BCUT2D eigenvalue weighted by Crippen LogP contribution is 2.39. The van der Waals surface area contributed by atoms with Gasteiger partial charge in [-0.3, -0.25) is 0 Å². The van der Waals surface area contributed by atoms with Crippen LogP contribution in [0.15, 0.2) is 24.3 Å². The molecule has 2 N–H and O–H groups in total. The van der Waals surface area contributed by atoms with Crippen LogP contribution in [0.4, 0.5) is 0 Å². The SMILES string of the molecule is Cl.NC1CCC(Br)c2ccccc21. The molecule has 0 aromatic heterocycles. The molecule has 0 spiro atoms. The number of halogens is 2. The Balaban J connectivity index is 0.000000845. The topological polar surface area (TPSA) is 26.0 Å². The van der Waals surface area contributed by atoms with Gasteiger partial charge in [-0.1, -0.05) is 40.2 Å². The van der Waals surface area contributed by atoms with Gasteiger partial charge in [0, 0.05) is 10.9 Å². The van der Waals surface area contributed by atoms with Crippen molar-refractivity contribution >= 4 is 28.3 Å². The van der Waals surface area contributed by atoms with Gasteiger partial charge in [0.2, 0.25) is 0 Å². The van der Waals surface area contributed by atoms with E-state index in [4.69, 9.17) is 5.73 Å². The first-order valence-electron chi connectivity index (χ1n) is 4.27. The Morgan fingerprint density at radius 1 is 1.15 bits per heavy atom. The summed E-state index contributed by atoms with van der Waals surface area (Å²) in [6.45, 7) is 0. The summed E-state index contributed by atoms with van der Waals surface area (Å²) in [5.74, 6) is 0. The van der Waals surface area contributed by atoms with E-state index < -0.39 is 0 Å². The summed E-state index contributed by atoms with van der Waals surface area (Å²) in [6.07, 6.45) is 2.24. The lowest BCUT2D eigenvalue weighted by molar-refractivity contribution is 0.568. The van der Waals surface area contributed by atoms with Crippen molar-refractivity contribution in [3.8, 4) is 0 Å². The minimum absolute atomic E-state index is 0. The molecule has 1 nitrogen and oxygen atoms in total. The number of alkyl halides is 1. The van der Waals surface area contributed by atoms with Crippen molar-refractivity contribution < 1.29 is 0 Å². The monoisotopic (exact) mass is 261 g/mol. The molecule has 0 radical (unpaired) electrons. The summed E-state index contributed by atoms with van der Waals surface area (Å²) in [7, 11) is 0. The quantitative estimate of drug-likeness (QED) is 0.713. The Hall–Kier alpha value is -0.0500. The Morgan fingerprint density at radius 2 is 1.77 bits per heavy atom. The predicted molar refractivity (Wildman–Crippen MR) is 61.5 cm³/mol. The maximum Gasteiger partial charge on any atom is 0.0399 e. The van der Waals surface area contributed by atoms with Crippen LogP contribution in [0.2, 0.25) is 0 Å². The Labute approximate surface area is 93.2 Å². The van der Waals surface area contributed by atoms with Crippen molar-refractivity contribution in [3.05, 3.63) is 35.4 Å². The van der Waals surface area contributed by atoms with E-state index >= 15 is 0 Å². The van der Waals surface area contributed by atoms with Crippen molar-refractivity contribution in [1.29, 1.82) is 0 Å². The first-order valence-corrected chi connectivity index (χ1v) is 5.19. The van der Waals surface area contributed by atoms with Crippen LogP contribution in [-0.2, 0) is 0 Å². The van der Waals surface area contributed by atoms with Gasteiger partial charge in [0.05, 0.1) is 0 Å². The van der Waals surface area contributed by atoms with E-state index in [1.54, 1.807) is 0 Å². The molecular weight excluding hydrogens is 249 g/mol. The molecular formula is C10H13BrClN.